The first-order valence-electron chi connectivity index (χ1n) is 7.90. The van der Waals surface area contributed by atoms with Gasteiger partial charge in [-0.25, -0.2) is 0 Å². The highest BCUT2D eigenvalue weighted by atomic mass is 16.5. The van der Waals surface area contributed by atoms with Crippen LogP contribution in [0.15, 0.2) is 65.9 Å². The average molecular weight is 338 g/mol. The van der Waals surface area contributed by atoms with Crippen LogP contribution in [-0.2, 0) is 9.59 Å². The molecule has 0 aromatic heterocycles. The van der Waals surface area contributed by atoms with E-state index in [4.69, 9.17) is 4.74 Å². The Morgan fingerprint density at radius 3 is 2.40 bits per heavy atom. The quantitative estimate of drug-likeness (QED) is 0.747. The molecule has 0 aliphatic carbocycles. The van der Waals surface area contributed by atoms with E-state index in [0.717, 1.165) is 0 Å². The van der Waals surface area contributed by atoms with E-state index < -0.39 is 11.8 Å². The van der Waals surface area contributed by atoms with E-state index in [1.807, 2.05) is 30.3 Å². The molecule has 0 saturated heterocycles. The summed E-state index contributed by atoms with van der Waals surface area (Å²) in [5.41, 5.74) is 0.250. The van der Waals surface area contributed by atoms with Gasteiger partial charge in [0.1, 0.15) is 22.8 Å². The van der Waals surface area contributed by atoms with Gasteiger partial charge in [0, 0.05) is 18.2 Å². The fourth-order valence-corrected chi connectivity index (χ4v) is 2.53. The molecule has 0 fully saturated rings. The Morgan fingerprint density at radius 1 is 1.12 bits per heavy atom. The first-order chi connectivity index (χ1) is 12.0. The van der Waals surface area contributed by atoms with Crippen LogP contribution in [0.2, 0.25) is 0 Å². The SMILES string of the molecule is CC1CC(O)=C(C(=O)Nc2ccc(Oc3ccccc3)cc2)C(=O)N1. The van der Waals surface area contributed by atoms with Crippen molar-refractivity contribution in [2.75, 3.05) is 5.32 Å². The maximum Gasteiger partial charge on any atom is 0.264 e. The molecule has 0 radical (unpaired) electrons. The normalized spacial score (nSPS) is 17.0. The van der Waals surface area contributed by atoms with E-state index in [1.165, 1.54) is 0 Å². The number of nitrogens with one attached hydrogen (secondary N) is 2. The van der Waals surface area contributed by atoms with Crippen LogP contribution in [0.5, 0.6) is 11.5 Å². The fourth-order valence-electron chi connectivity index (χ4n) is 2.53. The molecule has 0 saturated carbocycles. The molecule has 0 bridgehead atoms. The number of para-hydroxylation sites is 1. The minimum Gasteiger partial charge on any atom is -0.511 e. The zero-order valence-electron chi connectivity index (χ0n) is 13.7. The number of aliphatic hydroxyl groups excluding tert-OH is 1. The van der Waals surface area contributed by atoms with Crippen LogP contribution in [0.4, 0.5) is 5.69 Å². The maximum absolute atomic E-state index is 12.2. The molecule has 1 aliphatic heterocycles. The number of ether oxygens (including phenoxy) is 1. The smallest absolute Gasteiger partial charge is 0.264 e. The third-order valence-electron chi connectivity index (χ3n) is 3.71. The number of rotatable bonds is 4. The summed E-state index contributed by atoms with van der Waals surface area (Å²) in [5, 5.41) is 15.1. The Balaban J connectivity index is 1.68. The van der Waals surface area contributed by atoms with Crippen molar-refractivity contribution in [1.29, 1.82) is 0 Å². The third kappa shape index (κ3) is 3.98. The second-order valence-electron chi connectivity index (χ2n) is 5.79. The number of amides is 2. The zero-order valence-corrected chi connectivity index (χ0v) is 13.7. The summed E-state index contributed by atoms with van der Waals surface area (Å²) in [4.78, 5) is 24.1. The lowest BCUT2D eigenvalue weighted by Gasteiger charge is -2.21. The summed E-state index contributed by atoms with van der Waals surface area (Å²) in [6, 6.07) is 15.9. The van der Waals surface area contributed by atoms with Crippen LogP contribution in [0, 0.1) is 0 Å². The van der Waals surface area contributed by atoms with E-state index >= 15 is 0 Å². The first-order valence-corrected chi connectivity index (χ1v) is 7.90. The van der Waals surface area contributed by atoms with Crippen molar-refractivity contribution in [2.45, 2.75) is 19.4 Å². The topological polar surface area (TPSA) is 87.7 Å². The number of benzene rings is 2. The molecular weight excluding hydrogens is 320 g/mol. The molecule has 6 heteroatoms. The molecule has 1 unspecified atom stereocenters. The van der Waals surface area contributed by atoms with Gasteiger partial charge in [-0.05, 0) is 43.3 Å². The van der Waals surface area contributed by atoms with Crippen molar-refractivity contribution in [3.63, 3.8) is 0 Å². The Hall–Kier alpha value is -3.28. The number of carbonyl (C=O) groups excluding carboxylic acids is 2. The van der Waals surface area contributed by atoms with Crippen LogP contribution in [0.25, 0.3) is 0 Å². The van der Waals surface area contributed by atoms with Gasteiger partial charge in [0.25, 0.3) is 11.8 Å². The lowest BCUT2D eigenvalue weighted by molar-refractivity contribution is -0.122. The Kier molecular flexibility index (Phi) is 4.70. The number of aliphatic hydroxyl groups is 1. The predicted molar refractivity (Wildman–Crippen MR) is 93.5 cm³/mol. The summed E-state index contributed by atoms with van der Waals surface area (Å²) in [6.07, 6.45) is 0.234. The van der Waals surface area contributed by atoms with Gasteiger partial charge < -0.3 is 20.5 Å². The molecule has 128 valence electrons. The van der Waals surface area contributed by atoms with Crippen molar-refractivity contribution in [2.24, 2.45) is 0 Å². The van der Waals surface area contributed by atoms with Crippen LogP contribution < -0.4 is 15.4 Å². The molecule has 3 N–H and O–H groups in total. The summed E-state index contributed by atoms with van der Waals surface area (Å²) < 4.78 is 5.67. The molecule has 2 amide bonds. The average Bonchev–Trinajstić information content (AvgIpc) is 2.56. The minimum atomic E-state index is -0.640. The van der Waals surface area contributed by atoms with Crippen molar-refractivity contribution in [3.05, 3.63) is 65.9 Å². The molecule has 25 heavy (non-hydrogen) atoms. The largest absolute Gasteiger partial charge is 0.511 e. The standard InChI is InChI=1S/C19H18N2O4/c1-12-11-16(22)17(18(23)20-12)19(24)21-13-7-9-15(10-8-13)25-14-5-3-2-4-6-14/h2-10,12,22H,11H2,1H3,(H,20,23)(H,21,24). The van der Waals surface area contributed by atoms with Gasteiger partial charge in [0.15, 0.2) is 0 Å². The fraction of sp³-hybridized carbons (Fsp3) is 0.158. The minimum absolute atomic E-state index is 0.196. The van der Waals surface area contributed by atoms with E-state index in [-0.39, 0.29) is 23.8 Å². The summed E-state index contributed by atoms with van der Waals surface area (Å²) >= 11 is 0. The first kappa shape index (κ1) is 16.6. The molecule has 6 nitrogen and oxygen atoms in total. The third-order valence-corrected chi connectivity index (χ3v) is 3.71. The van der Waals surface area contributed by atoms with E-state index in [1.54, 1.807) is 31.2 Å². The summed E-state index contributed by atoms with van der Waals surface area (Å²) in [5.74, 6) is -0.0768. The highest BCUT2D eigenvalue weighted by Crippen LogP contribution is 2.23. The van der Waals surface area contributed by atoms with E-state index in [9.17, 15) is 14.7 Å². The number of carbonyl (C=O) groups is 2. The van der Waals surface area contributed by atoms with Gasteiger partial charge in [0.2, 0.25) is 0 Å². The monoisotopic (exact) mass is 338 g/mol. The Morgan fingerprint density at radius 2 is 1.76 bits per heavy atom. The lowest BCUT2D eigenvalue weighted by Crippen LogP contribution is -2.42. The van der Waals surface area contributed by atoms with E-state index in [0.29, 0.717) is 17.2 Å². The van der Waals surface area contributed by atoms with Gasteiger partial charge in [-0.2, -0.15) is 0 Å². The second kappa shape index (κ2) is 7.09. The highest BCUT2D eigenvalue weighted by Gasteiger charge is 2.29. The van der Waals surface area contributed by atoms with Gasteiger partial charge in [0.05, 0.1) is 0 Å². The van der Waals surface area contributed by atoms with Gasteiger partial charge >= 0.3 is 0 Å². The molecule has 1 heterocycles. The van der Waals surface area contributed by atoms with Crippen molar-refractivity contribution in [3.8, 4) is 11.5 Å². The van der Waals surface area contributed by atoms with Crippen LogP contribution >= 0.6 is 0 Å². The van der Waals surface area contributed by atoms with E-state index in [2.05, 4.69) is 10.6 Å². The Labute approximate surface area is 145 Å². The second-order valence-corrected chi connectivity index (χ2v) is 5.79. The van der Waals surface area contributed by atoms with Crippen molar-refractivity contribution >= 4 is 17.5 Å². The molecule has 1 atom stereocenters. The molecule has 0 spiro atoms. The van der Waals surface area contributed by atoms with Crippen molar-refractivity contribution < 1.29 is 19.4 Å². The van der Waals surface area contributed by atoms with Gasteiger partial charge in [-0.15, -0.1) is 0 Å². The molecular formula is C19H18N2O4. The molecule has 3 rings (SSSR count). The predicted octanol–water partition coefficient (Wildman–Crippen LogP) is 3.14. The van der Waals surface area contributed by atoms with Gasteiger partial charge in [-0.3, -0.25) is 9.59 Å². The molecule has 2 aromatic rings. The molecule has 1 aliphatic rings. The summed E-state index contributed by atoms with van der Waals surface area (Å²) in [7, 11) is 0. The Bertz CT molecular complexity index is 813. The number of hydrogen-bond donors (Lipinski definition) is 3. The van der Waals surface area contributed by atoms with Crippen LogP contribution in [0.1, 0.15) is 13.3 Å². The summed E-state index contributed by atoms with van der Waals surface area (Å²) in [6.45, 7) is 1.76. The van der Waals surface area contributed by atoms with Crippen molar-refractivity contribution in [1.82, 2.24) is 5.32 Å². The van der Waals surface area contributed by atoms with Gasteiger partial charge in [-0.1, -0.05) is 18.2 Å². The lowest BCUT2D eigenvalue weighted by atomic mass is 10.0. The highest BCUT2D eigenvalue weighted by molar-refractivity contribution is 6.23. The maximum atomic E-state index is 12.2. The zero-order chi connectivity index (χ0) is 17.8. The van der Waals surface area contributed by atoms with Crippen LogP contribution in [-0.4, -0.2) is 23.0 Å². The molecule has 2 aromatic carbocycles. The van der Waals surface area contributed by atoms with Crippen LogP contribution in [0.3, 0.4) is 0 Å². The number of hydrogen-bond acceptors (Lipinski definition) is 4. The number of anilines is 1.